The third-order valence-electron chi connectivity index (χ3n) is 4.16. The lowest BCUT2D eigenvalue weighted by Gasteiger charge is -2.27. The van der Waals surface area contributed by atoms with Gasteiger partial charge in [-0.05, 0) is 36.1 Å². The van der Waals surface area contributed by atoms with Gasteiger partial charge in [0.2, 0.25) is 0 Å². The fraction of sp³-hybridized carbons (Fsp3) is 0.444. The van der Waals surface area contributed by atoms with E-state index in [2.05, 4.69) is 59.3 Å². The number of nitrogens with zero attached hydrogens (tertiary/aromatic N) is 3. The lowest BCUT2D eigenvalue weighted by Crippen LogP contribution is -2.24. The van der Waals surface area contributed by atoms with Crippen LogP contribution in [0.3, 0.4) is 0 Å². The van der Waals surface area contributed by atoms with Crippen LogP contribution >= 0.6 is 0 Å². The quantitative estimate of drug-likeness (QED) is 0.936. The van der Waals surface area contributed by atoms with Crippen LogP contribution in [0.5, 0.6) is 0 Å². The van der Waals surface area contributed by atoms with Gasteiger partial charge in [0.05, 0.1) is 0 Å². The Hall–Kier alpha value is -2.10. The van der Waals surface area contributed by atoms with Crippen molar-refractivity contribution >= 4 is 11.5 Å². The molecule has 0 saturated carbocycles. The molecule has 0 saturated heterocycles. The van der Waals surface area contributed by atoms with E-state index in [0.717, 1.165) is 24.7 Å². The first kappa shape index (κ1) is 14.8. The van der Waals surface area contributed by atoms with Crippen LogP contribution in [0, 0.1) is 0 Å². The third-order valence-corrected chi connectivity index (χ3v) is 4.16. The van der Waals surface area contributed by atoms with E-state index >= 15 is 0 Å². The first-order valence-corrected chi connectivity index (χ1v) is 8.03. The highest BCUT2D eigenvalue weighted by atomic mass is 15.1. The minimum absolute atomic E-state index is 0.348. The van der Waals surface area contributed by atoms with Crippen LogP contribution in [0.15, 0.2) is 30.5 Å². The summed E-state index contributed by atoms with van der Waals surface area (Å²) in [5, 5.41) is 3.41. The van der Waals surface area contributed by atoms with Gasteiger partial charge >= 0.3 is 0 Å². The molecule has 1 aromatic carbocycles. The van der Waals surface area contributed by atoms with E-state index in [1.54, 1.807) is 0 Å². The zero-order valence-corrected chi connectivity index (χ0v) is 13.6. The largest absolute Gasteiger partial charge is 0.374 e. The van der Waals surface area contributed by atoms with Gasteiger partial charge in [0.15, 0.2) is 0 Å². The maximum Gasteiger partial charge on any atom is 0.133 e. The molecule has 4 heteroatoms. The Morgan fingerprint density at radius 1 is 1.27 bits per heavy atom. The molecule has 0 atom stereocenters. The molecule has 0 unspecified atom stereocenters. The van der Waals surface area contributed by atoms with Gasteiger partial charge in [-0.3, -0.25) is 0 Å². The molecule has 1 aliphatic heterocycles. The van der Waals surface area contributed by atoms with E-state index in [-0.39, 0.29) is 0 Å². The molecular weight excluding hydrogens is 272 g/mol. The van der Waals surface area contributed by atoms with Crippen LogP contribution in [0.2, 0.25) is 0 Å². The highest BCUT2D eigenvalue weighted by Gasteiger charge is 2.13. The van der Waals surface area contributed by atoms with Gasteiger partial charge < -0.3 is 10.2 Å². The SMILES string of the molecule is CC(C)c1nccc(NCc2ccc3c(c2)CCCN3C)n1. The van der Waals surface area contributed by atoms with Crippen LogP contribution in [-0.2, 0) is 13.0 Å². The normalized spacial score (nSPS) is 14.1. The number of hydrogen-bond donors (Lipinski definition) is 1. The third kappa shape index (κ3) is 3.21. The fourth-order valence-corrected chi connectivity index (χ4v) is 2.89. The minimum Gasteiger partial charge on any atom is -0.374 e. The van der Waals surface area contributed by atoms with Crippen molar-refractivity contribution in [2.45, 2.75) is 39.2 Å². The Morgan fingerprint density at radius 2 is 2.14 bits per heavy atom. The maximum atomic E-state index is 4.56. The molecule has 0 spiro atoms. The van der Waals surface area contributed by atoms with Gasteiger partial charge in [0.1, 0.15) is 11.6 Å². The molecule has 116 valence electrons. The van der Waals surface area contributed by atoms with Crippen molar-refractivity contribution in [3.05, 3.63) is 47.4 Å². The van der Waals surface area contributed by atoms with Crippen LogP contribution in [-0.4, -0.2) is 23.6 Å². The summed E-state index contributed by atoms with van der Waals surface area (Å²) in [7, 11) is 2.17. The first-order chi connectivity index (χ1) is 10.6. The van der Waals surface area contributed by atoms with Crippen molar-refractivity contribution in [2.75, 3.05) is 23.8 Å². The van der Waals surface area contributed by atoms with Crippen LogP contribution in [0.25, 0.3) is 0 Å². The van der Waals surface area contributed by atoms with Gasteiger partial charge in [-0.2, -0.15) is 0 Å². The average molecular weight is 296 g/mol. The zero-order valence-electron chi connectivity index (χ0n) is 13.6. The van der Waals surface area contributed by atoms with E-state index in [9.17, 15) is 0 Å². The molecule has 1 N–H and O–H groups in total. The maximum absolute atomic E-state index is 4.56. The number of fused-ring (bicyclic) bond motifs is 1. The Labute approximate surface area is 132 Å². The highest BCUT2D eigenvalue weighted by Crippen LogP contribution is 2.27. The first-order valence-electron chi connectivity index (χ1n) is 8.03. The smallest absolute Gasteiger partial charge is 0.133 e. The molecule has 0 amide bonds. The Kier molecular flexibility index (Phi) is 4.27. The summed E-state index contributed by atoms with van der Waals surface area (Å²) in [6.45, 7) is 6.17. The van der Waals surface area contributed by atoms with Crippen LogP contribution in [0.4, 0.5) is 11.5 Å². The summed E-state index contributed by atoms with van der Waals surface area (Å²) in [6, 6.07) is 8.70. The van der Waals surface area contributed by atoms with Gasteiger partial charge in [-0.15, -0.1) is 0 Å². The standard InChI is InChI=1S/C18H24N4/c1-13(2)18-19-9-8-17(21-18)20-12-14-6-7-16-15(11-14)5-4-10-22(16)3/h6-9,11,13H,4-5,10,12H2,1-3H3,(H,19,20,21). The van der Waals surface area contributed by atoms with E-state index in [1.165, 1.54) is 29.7 Å². The molecule has 2 aromatic rings. The average Bonchev–Trinajstić information content (AvgIpc) is 2.53. The number of nitrogens with one attached hydrogen (secondary N) is 1. The van der Waals surface area contributed by atoms with Crippen molar-refractivity contribution in [3.8, 4) is 0 Å². The van der Waals surface area contributed by atoms with Crippen molar-refractivity contribution in [2.24, 2.45) is 0 Å². The molecule has 3 rings (SSSR count). The predicted molar refractivity (Wildman–Crippen MR) is 91.5 cm³/mol. The predicted octanol–water partition coefficient (Wildman–Crippen LogP) is 3.59. The summed E-state index contributed by atoms with van der Waals surface area (Å²) in [5.74, 6) is 2.13. The van der Waals surface area contributed by atoms with Crippen molar-refractivity contribution in [1.29, 1.82) is 0 Å². The lowest BCUT2D eigenvalue weighted by molar-refractivity contribution is 0.743. The number of aryl methyl sites for hydroxylation is 1. The van der Waals surface area contributed by atoms with Gasteiger partial charge in [-0.25, -0.2) is 9.97 Å². The molecule has 4 nitrogen and oxygen atoms in total. The molecule has 0 radical (unpaired) electrons. The minimum atomic E-state index is 0.348. The number of anilines is 2. The molecule has 22 heavy (non-hydrogen) atoms. The summed E-state index contributed by atoms with van der Waals surface area (Å²) in [5.41, 5.74) is 4.14. The molecular formula is C18H24N4. The summed E-state index contributed by atoms with van der Waals surface area (Å²) >= 11 is 0. The summed E-state index contributed by atoms with van der Waals surface area (Å²) in [6.07, 6.45) is 4.25. The molecule has 0 bridgehead atoms. The van der Waals surface area contributed by atoms with Crippen LogP contribution in [0.1, 0.15) is 43.1 Å². The van der Waals surface area contributed by atoms with Crippen LogP contribution < -0.4 is 10.2 Å². The van der Waals surface area contributed by atoms with E-state index in [1.807, 2.05) is 12.3 Å². The van der Waals surface area contributed by atoms with Gasteiger partial charge in [0.25, 0.3) is 0 Å². The van der Waals surface area contributed by atoms with Crippen molar-refractivity contribution in [3.63, 3.8) is 0 Å². The topological polar surface area (TPSA) is 41.1 Å². The molecule has 2 heterocycles. The summed E-state index contributed by atoms with van der Waals surface area (Å²) in [4.78, 5) is 11.2. The number of aromatic nitrogens is 2. The number of hydrogen-bond acceptors (Lipinski definition) is 4. The summed E-state index contributed by atoms with van der Waals surface area (Å²) < 4.78 is 0. The highest BCUT2D eigenvalue weighted by molar-refractivity contribution is 5.56. The molecule has 0 fully saturated rings. The Balaban J connectivity index is 1.70. The van der Waals surface area contributed by atoms with Crippen molar-refractivity contribution in [1.82, 2.24) is 9.97 Å². The monoisotopic (exact) mass is 296 g/mol. The zero-order chi connectivity index (χ0) is 15.5. The van der Waals surface area contributed by atoms with Gasteiger partial charge in [0, 0.05) is 37.9 Å². The molecule has 1 aliphatic rings. The molecule has 1 aromatic heterocycles. The van der Waals surface area contributed by atoms with E-state index in [0.29, 0.717) is 5.92 Å². The second kappa shape index (κ2) is 6.34. The fourth-order valence-electron chi connectivity index (χ4n) is 2.89. The second-order valence-corrected chi connectivity index (χ2v) is 6.30. The van der Waals surface area contributed by atoms with Crippen molar-refractivity contribution < 1.29 is 0 Å². The van der Waals surface area contributed by atoms with E-state index in [4.69, 9.17) is 0 Å². The van der Waals surface area contributed by atoms with Gasteiger partial charge in [-0.1, -0.05) is 26.0 Å². The Morgan fingerprint density at radius 3 is 2.95 bits per heavy atom. The van der Waals surface area contributed by atoms with E-state index < -0.39 is 0 Å². The second-order valence-electron chi connectivity index (χ2n) is 6.30. The number of benzene rings is 1. The Bertz CT molecular complexity index is 651. The number of rotatable bonds is 4. The lowest BCUT2D eigenvalue weighted by atomic mass is 9.99. The molecule has 0 aliphatic carbocycles.